The Morgan fingerprint density at radius 3 is 2.88 bits per heavy atom. The summed E-state index contributed by atoms with van der Waals surface area (Å²) < 4.78 is 5.03. The van der Waals surface area contributed by atoms with Gasteiger partial charge in [-0.2, -0.15) is 0 Å². The maximum atomic E-state index is 12.9. The van der Waals surface area contributed by atoms with Gasteiger partial charge in [0.1, 0.15) is 5.70 Å². The van der Waals surface area contributed by atoms with Gasteiger partial charge in [0.25, 0.3) is 11.8 Å². The van der Waals surface area contributed by atoms with Gasteiger partial charge in [-0.1, -0.05) is 6.07 Å². The largest absolute Gasteiger partial charge is 0.396 e. The zero-order valence-corrected chi connectivity index (χ0v) is 14.6. The van der Waals surface area contributed by atoms with Gasteiger partial charge in [0.2, 0.25) is 0 Å². The molecule has 0 bridgehead atoms. The number of ether oxygens (including phenoxy) is 1. The van der Waals surface area contributed by atoms with E-state index in [9.17, 15) is 14.7 Å². The maximum absolute atomic E-state index is 12.9. The first-order valence-electron chi connectivity index (χ1n) is 8.16. The first-order valence-corrected chi connectivity index (χ1v) is 9.04. The summed E-state index contributed by atoms with van der Waals surface area (Å²) in [5, 5.41) is 11.4. The number of piperidine rings is 1. The second-order valence-corrected chi connectivity index (χ2v) is 7.04. The van der Waals surface area contributed by atoms with E-state index < -0.39 is 0 Å². The molecule has 1 N–H and O–H groups in total. The highest BCUT2D eigenvalue weighted by molar-refractivity contribution is 7.11. The molecule has 6 nitrogen and oxygen atoms in total. The van der Waals surface area contributed by atoms with Crippen LogP contribution in [0.15, 0.2) is 23.2 Å². The van der Waals surface area contributed by atoms with Crippen LogP contribution in [-0.2, 0) is 14.3 Å². The zero-order chi connectivity index (χ0) is 17.1. The van der Waals surface area contributed by atoms with Crippen molar-refractivity contribution in [2.45, 2.75) is 12.8 Å². The summed E-state index contributed by atoms with van der Waals surface area (Å²) in [6.07, 6.45) is 1.86. The fourth-order valence-corrected chi connectivity index (χ4v) is 4.07. The fraction of sp³-hybridized carbons (Fsp3) is 0.529. The summed E-state index contributed by atoms with van der Waals surface area (Å²) >= 11 is 1.46. The Labute approximate surface area is 145 Å². The van der Waals surface area contributed by atoms with E-state index in [-0.39, 0.29) is 30.9 Å². The molecule has 7 heteroatoms. The van der Waals surface area contributed by atoms with Crippen molar-refractivity contribution in [1.29, 1.82) is 0 Å². The van der Waals surface area contributed by atoms with Gasteiger partial charge in [0.05, 0.1) is 18.7 Å². The summed E-state index contributed by atoms with van der Waals surface area (Å²) in [7, 11) is 1.55. The quantitative estimate of drug-likeness (QED) is 0.780. The molecule has 1 saturated heterocycles. The van der Waals surface area contributed by atoms with E-state index in [1.54, 1.807) is 7.11 Å². The smallest absolute Gasteiger partial charge is 0.277 e. The molecule has 1 aromatic heterocycles. The van der Waals surface area contributed by atoms with E-state index >= 15 is 0 Å². The van der Waals surface area contributed by atoms with Crippen LogP contribution in [0.4, 0.5) is 0 Å². The Morgan fingerprint density at radius 1 is 1.38 bits per heavy atom. The van der Waals surface area contributed by atoms with Gasteiger partial charge in [0.15, 0.2) is 0 Å². The van der Waals surface area contributed by atoms with E-state index in [1.807, 2.05) is 22.4 Å². The highest BCUT2D eigenvalue weighted by Crippen LogP contribution is 2.35. The highest BCUT2D eigenvalue weighted by Gasteiger charge is 2.42. The van der Waals surface area contributed by atoms with Crippen LogP contribution < -0.4 is 0 Å². The van der Waals surface area contributed by atoms with Crippen molar-refractivity contribution in [3.63, 3.8) is 0 Å². The molecule has 24 heavy (non-hydrogen) atoms. The fourth-order valence-electron chi connectivity index (χ4n) is 3.30. The number of carbonyl (C=O) groups is 2. The van der Waals surface area contributed by atoms with E-state index in [1.165, 1.54) is 16.2 Å². The minimum absolute atomic E-state index is 0.105. The number of nitrogens with zero attached hydrogens (tertiary/aromatic N) is 2. The molecule has 3 rings (SSSR count). The van der Waals surface area contributed by atoms with Crippen molar-refractivity contribution >= 4 is 28.7 Å². The molecule has 2 aliphatic heterocycles. The van der Waals surface area contributed by atoms with Crippen LogP contribution in [0.3, 0.4) is 0 Å². The van der Waals surface area contributed by atoms with Gasteiger partial charge < -0.3 is 14.7 Å². The average Bonchev–Trinajstić information content (AvgIpc) is 3.20. The molecule has 0 aromatic carbocycles. The van der Waals surface area contributed by atoms with Crippen molar-refractivity contribution < 1.29 is 19.4 Å². The zero-order valence-electron chi connectivity index (χ0n) is 13.7. The predicted octanol–water partition coefficient (Wildman–Crippen LogP) is 1.18. The summed E-state index contributed by atoms with van der Waals surface area (Å²) in [6, 6.07) is 3.76. The van der Waals surface area contributed by atoms with Crippen LogP contribution in [0, 0.1) is 5.92 Å². The van der Waals surface area contributed by atoms with Crippen LogP contribution in [0.1, 0.15) is 17.7 Å². The Morgan fingerprint density at radius 2 is 2.21 bits per heavy atom. The Kier molecular flexibility index (Phi) is 5.33. The first kappa shape index (κ1) is 17.1. The highest BCUT2D eigenvalue weighted by atomic mass is 32.1. The van der Waals surface area contributed by atoms with Crippen molar-refractivity contribution in [2.75, 3.05) is 40.0 Å². The standard InChI is InChI=1S/C17H22N2O4S/c1-23-8-7-19-16(21)14(13-5-3-9-24-13)15(17(19)22)18-6-2-4-12(10-18)11-20/h3,5,9,12,20H,2,4,6-8,10-11H2,1H3. The number of rotatable bonds is 6. The molecule has 0 saturated carbocycles. The molecule has 0 aliphatic carbocycles. The molecule has 3 heterocycles. The van der Waals surface area contributed by atoms with Gasteiger partial charge in [-0.05, 0) is 30.2 Å². The maximum Gasteiger partial charge on any atom is 0.277 e. The van der Waals surface area contributed by atoms with Gasteiger partial charge in [-0.3, -0.25) is 14.5 Å². The Balaban J connectivity index is 1.96. The Hall–Kier alpha value is -1.70. The van der Waals surface area contributed by atoms with E-state index in [2.05, 4.69) is 0 Å². The predicted molar refractivity (Wildman–Crippen MR) is 91.2 cm³/mol. The van der Waals surface area contributed by atoms with Gasteiger partial charge >= 0.3 is 0 Å². The monoisotopic (exact) mass is 350 g/mol. The lowest BCUT2D eigenvalue weighted by Crippen LogP contribution is -2.41. The van der Waals surface area contributed by atoms with Crippen molar-refractivity contribution in [2.24, 2.45) is 5.92 Å². The number of hydrogen-bond acceptors (Lipinski definition) is 6. The third-order valence-electron chi connectivity index (χ3n) is 4.52. The number of aliphatic hydroxyl groups is 1. The van der Waals surface area contributed by atoms with Crippen LogP contribution in [0.25, 0.3) is 5.57 Å². The van der Waals surface area contributed by atoms with E-state index in [0.29, 0.717) is 24.4 Å². The number of carbonyl (C=O) groups excluding carboxylic acids is 2. The number of thiophene rings is 1. The van der Waals surface area contributed by atoms with Crippen LogP contribution >= 0.6 is 11.3 Å². The van der Waals surface area contributed by atoms with Gasteiger partial charge in [-0.25, -0.2) is 0 Å². The number of aliphatic hydroxyl groups excluding tert-OH is 1. The molecule has 2 amide bonds. The second-order valence-electron chi connectivity index (χ2n) is 6.09. The average molecular weight is 350 g/mol. The molecule has 1 unspecified atom stereocenters. The summed E-state index contributed by atoms with van der Waals surface area (Å²) in [5.41, 5.74) is 0.974. The minimum atomic E-state index is -0.251. The third-order valence-corrected chi connectivity index (χ3v) is 5.41. The van der Waals surface area contributed by atoms with Crippen molar-refractivity contribution in [3.05, 3.63) is 28.1 Å². The number of likely N-dealkylation sites (tertiary alicyclic amines) is 1. The van der Waals surface area contributed by atoms with Crippen LogP contribution in [0.5, 0.6) is 0 Å². The van der Waals surface area contributed by atoms with Crippen LogP contribution in [0.2, 0.25) is 0 Å². The summed E-state index contributed by atoms with van der Waals surface area (Å²) in [6.45, 7) is 2.02. The lowest BCUT2D eigenvalue weighted by Gasteiger charge is -2.34. The van der Waals surface area contributed by atoms with Gasteiger partial charge in [0, 0.05) is 31.7 Å². The topological polar surface area (TPSA) is 70.1 Å². The lowest BCUT2D eigenvalue weighted by molar-refractivity contribution is -0.138. The number of methoxy groups -OCH3 is 1. The van der Waals surface area contributed by atoms with Crippen molar-refractivity contribution in [1.82, 2.24) is 9.80 Å². The SMILES string of the molecule is COCCN1C(=O)C(c2cccs2)=C(N2CCCC(CO)C2)C1=O. The molecule has 1 aromatic rings. The molecule has 130 valence electrons. The number of imide groups is 1. The third kappa shape index (κ3) is 3.11. The Bertz CT molecular complexity index is 641. The molecular weight excluding hydrogens is 328 g/mol. The second kappa shape index (κ2) is 7.46. The van der Waals surface area contributed by atoms with Gasteiger partial charge in [-0.15, -0.1) is 11.3 Å². The molecule has 1 atom stereocenters. The normalized spacial score (nSPS) is 22.0. The molecule has 0 spiro atoms. The molecule has 0 radical (unpaired) electrons. The van der Waals surface area contributed by atoms with E-state index in [0.717, 1.165) is 24.3 Å². The molecule has 2 aliphatic rings. The minimum Gasteiger partial charge on any atom is -0.396 e. The first-order chi connectivity index (χ1) is 11.7. The molecule has 1 fully saturated rings. The summed E-state index contributed by atoms with van der Waals surface area (Å²) in [4.78, 5) is 29.8. The molecular formula is C17H22N2O4S. The lowest BCUT2D eigenvalue weighted by atomic mass is 9.98. The number of hydrogen-bond donors (Lipinski definition) is 1. The number of amides is 2. The van der Waals surface area contributed by atoms with Crippen LogP contribution in [-0.4, -0.2) is 66.7 Å². The van der Waals surface area contributed by atoms with E-state index in [4.69, 9.17) is 4.74 Å². The summed E-state index contributed by atoms with van der Waals surface area (Å²) in [5.74, 6) is -0.355. The van der Waals surface area contributed by atoms with Crippen molar-refractivity contribution in [3.8, 4) is 0 Å².